The van der Waals surface area contributed by atoms with E-state index in [1.165, 1.54) is 12.8 Å². The first-order valence-corrected chi connectivity index (χ1v) is 13.9. The first-order valence-electron chi connectivity index (χ1n) is 12.8. The number of aryl methyl sites for hydroxylation is 2. The molecule has 0 saturated carbocycles. The molecule has 36 heavy (non-hydrogen) atoms. The zero-order valence-electron chi connectivity index (χ0n) is 22.5. The van der Waals surface area contributed by atoms with Gasteiger partial charge in [-0.05, 0) is 69.5 Å². The smallest absolute Gasteiger partial charge is 0.248 e. The number of likely N-dealkylation sites (tertiary alicyclic amines) is 2. The molecule has 2 atom stereocenters. The van der Waals surface area contributed by atoms with E-state index in [-0.39, 0.29) is 24.5 Å². The molecule has 2 aliphatic rings. The number of carbonyl (C=O) groups is 2. The van der Waals surface area contributed by atoms with Crippen molar-refractivity contribution >= 4 is 22.8 Å². The van der Waals surface area contributed by atoms with Gasteiger partial charge in [0.05, 0.1) is 24.7 Å². The Kier molecular flexibility index (Phi) is 10.7. The molecule has 1 unspecified atom stereocenters. The fourth-order valence-electron chi connectivity index (χ4n) is 4.90. The highest BCUT2D eigenvalue weighted by molar-refractivity contribution is 7.82. The van der Waals surface area contributed by atoms with E-state index in [0.29, 0.717) is 32.7 Å². The van der Waals surface area contributed by atoms with Gasteiger partial charge in [-0.1, -0.05) is 0 Å². The summed E-state index contributed by atoms with van der Waals surface area (Å²) in [7, 11) is 3.85. The zero-order chi connectivity index (χ0) is 26.2. The lowest BCUT2D eigenvalue weighted by Gasteiger charge is -2.25. The van der Waals surface area contributed by atoms with Crippen LogP contribution in [0.2, 0.25) is 0 Å². The number of amides is 2. The molecule has 0 bridgehead atoms. The van der Waals surface area contributed by atoms with Crippen molar-refractivity contribution < 1.29 is 23.3 Å². The van der Waals surface area contributed by atoms with Crippen LogP contribution in [0.1, 0.15) is 36.8 Å². The molecule has 2 fully saturated rings. The Labute approximate surface area is 218 Å². The van der Waals surface area contributed by atoms with Crippen molar-refractivity contribution in [3.8, 4) is 5.75 Å². The molecule has 0 aliphatic carbocycles. The topological polar surface area (TPSA) is 82.6 Å². The van der Waals surface area contributed by atoms with Crippen LogP contribution >= 0.6 is 0 Å². The Hall–Kier alpha value is -2.01. The van der Waals surface area contributed by atoms with Crippen LogP contribution in [0.5, 0.6) is 5.75 Å². The summed E-state index contributed by atoms with van der Waals surface area (Å²) in [4.78, 5) is 32.0. The van der Waals surface area contributed by atoms with E-state index in [1.807, 2.05) is 30.9 Å². The van der Waals surface area contributed by atoms with Crippen LogP contribution in [-0.4, -0.2) is 115 Å². The van der Waals surface area contributed by atoms with Gasteiger partial charge < -0.3 is 24.2 Å². The Morgan fingerprint density at radius 3 is 2.42 bits per heavy atom. The first-order chi connectivity index (χ1) is 17.2. The standard InChI is InChI=1S/C26H42N4O5S/c1-20-16-23(34-5)17-21(2)26(20)36(33)27(3)14-15-35-19-25(32)28(4)22-8-13-30(18-22)24(31)9-12-29-10-6-7-11-29/h16-17,22H,6-15,18-19H2,1-5H3/t22-,36?/m1/s1. The Bertz CT molecular complexity index is 914. The molecule has 202 valence electrons. The van der Waals surface area contributed by atoms with Gasteiger partial charge in [0.15, 0.2) is 0 Å². The van der Waals surface area contributed by atoms with Gasteiger partial charge >= 0.3 is 0 Å². The fraction of sp³-hybridized carbons (Fsp3) is 0.692. The second-order valence-corrected chi connectivity index (χ2v) is 11.4. The molecule has 3 rings (SSSR count). The lowest BCUT2D eigenvalue weighted by molar-refractivity contribution is -0.137. The SMILES string of the molecule is COc1cc(C)c(S(=O)N(C)CCOCC(=O)N(C)[C@@H]2CCN(C(=O)CCN3CCCC3)C2)c(C)c1. The van der Waals surface area contributed by atoms with Crippen LogP contribution in [0.25, 0.3) is 0 Å². The maximum atomic E-state index is 13.0. The Morgan fingerprint density at radius 1 is 1.11 bits per heavy atom. The second-order valence-electron chi connectivity index (χ2n) is 9.83. The van der Waals surface area contributed by atoms with Gasteiger partial charge in [0.2, 0.25) is 11.8 Å². The van der Waals surface area contributed by atoms with Gasteiger partial charge in [-0.25, -0.2) is 8.51 Å². The summed E-state index contributed by atoms with van der Waals surface area (Å²) in [6, 6.07) is 3.78. The highest BCUT2D eigenvalue weighted by Gasteiger charge is 2.31. The van der Waals surface area contributed by atoms with Gasteiger partial charge in [0, 0.05) is 46.7 Å². The second kappa shape index (κ2) is 13.5. The van der Waals surface area contributed by atoms with Gasteiger partial charge in [0.25, 0.3) is 0 Å². The van der Waals surface area contributed by atoms with Gasteiger partial charge in [0.1, 0.15) is 23.3 Å². The van der Waals surface area contributed by atoms with Crippen molar-refractivity contribution in [2.24, 2.45) is 0 Å². The molecule has 1 aromatic rings. The number of ether oxygens (including phenoxy) is 2. The van der Waals surface area contributed by atoms with E-state index < -0.39 is 11.0 Å². The lowest BCUT2D eigenvalue weighted by atomic mass is 10.1. The van der Waals surface area contributed by atoms with E-state index in [4.69, 9.17) is 9.47 Å². The van der Waals surface area contributed by atoms with Crippen LogP contribution < -0.4 is 4.74 Å². The predicted molar refractivity (Wildman–Crippen MR) is 140 cm³/mol. The number of hydrogen-bond donors (Lipinski definition) is 0. The molecule has 10 heteroatoms. The Morgan fingerprint density at radius 2 is 1.78 bits per heavy atom. The predicted octanol–water partition coefficient (Wildman–Crippen LogP) is 1.83. The quantitative estimate of drug-likeness (QED) is 0.390. The highest BCUT2D eigenvalue weighted by atomic mass is 32.2. The molecule has 0 radical (unpaired) electrons. The van der Waals surface area contributed by atoms with E-state index in [9.17, 15) is 13.8 Å². The fourth-order valence-corrected chi connectivity index (χ4v) is 6.12. The van der Waals surface area contributed by atoms with E-state index in [0.717, 1.165) is 47.8 Å². The normalized spacial score (nSPS) is 19.2. The van der Waals surface area contributed by atoms with Crippen molar-refractivity contribution in [1.29, 1.82) is 0 Å². The summed E-state index contributed by atoms with van der Waals surface area (Å²) in [5.41, 5.74) is 1.82. The summed E-state index contributed by atoms with van der Waals surface area (Å²) in [6.45, 7) is 8.85. The number of rotatable bonds is 12. The third-order valence-corrected chi connectivity index (χ3v) is 8.94. The number of carbonyl (C=O) groups excluding carboxylic acids is 2. The molecule has 2 heterocycles. The minimum Gasteiger partial charge on any atom is -0.497 e. The van der Waals surface area contributed by atoms with Crippen molar-refractivity contribution in [2.45, 2.75) is 50.5 Å². The number of methoxy groups -OCH3 is 1. The van der Waals surface area contributed by atoms with Gasteiger partial charge in [-0.3, -0.25) is 9.59 Å². The molecular formula is C26H42N4O5S. The molecule has 2 amide bonds. The molecule has 1 aromatic carbocycles. The van der Waals surface area contributed by atoms with Crippen molar-refractivity contribution in [1.82, 2.24) is 19.0 Å². The molecule has 2 saturated heterocycles. The van der Waals surface area contributed by atoms with Gasteiger partial charge in [-0.2, -0.15) is 0 Å². The maximum absolute atomic E-state index is 13.0. The van der Waals surface area contributed by atoms with E-state index in [1.54, 1.807) is 30.4 Å². The maximum Gasteiger partial charge on any atom is 0.248 e. The van der Waals surface area contributed by atoms with Crippen LogP contribution in [0.4, 0.5) is 0 Å². The van der Waals surface area contributed by atoms with Crippen molar-refractivity contribution in [3.63, 3.8) is 0 Å². The summed E-state index contributed by atoms with van der Waals surface area (Å²) < 4.78 is 25.7. The average molecular weight is 523 g/mol. The molecule has 0 spiro atoms. The summed E-state index contributed by atoms with van der Waals surface area (Å²) in [6.07, 6.45) is 3.80. The number of benzene rings is 1. The average Bonchev–Trinajstić information content (AvgIpc) is 3.56. The summed E-state index contributed by atoms with van der Waals surface area (Å²) in [5.74, 6) is 0.827. The van der Waals surface area contributed by atoms with E-state index >= 15 is 0 Å². The summed E-state index contributed by atoms with van der Waals surface area (Å²) >= 11 is 0. The number of nitrogens with zero attached hydrogens (tertiary/aromatic N) is 4. The van der Waals surface area contributed by atoms with Crippen LogP contribution in [0, 0.1) is 13.8 Å². The first kappa shape index (κ1) is 28.6. The van der Waals surface area contributed by atoms with Crippen LogP contribution in [-0.2, 0) is 25.3 Å². The van der Waals surface area contributed by atoms with Crippen LogP contribution in [0.15, 0.2) is 17.0 Å². The molecule has 0 N–H and O–H groups in total. The summed E-state index contributed by atoms with van der Waals surface area (Å²) in [5, 5.41) is 0. The van der Waals surface area contributed by atoms with Crippen molar-refractivity contribution in [2.75, 3.05) is 73.7 Å². The monoisotopic (exact) mass is 522 g/mol. The third-order valence-electron chi connectivity index (χ3n) is 7.20. The minimum absolute atomic E-state index is 0.0213. The van der Waals surface area contributed by atoms with Gasteiger partial charge in [-0.15, -0.1) is 0 Å². The number of likely N-dealkylation sites (N-methyl/N-ethyl adjacent to an activating group) is 2. The molecular weight excluding hydrogens is 480 g/mol. The molecule has 2 aliphatic heterocycles. The van der Waals surface area contributed by atoms with E-state index in [2.05, 4.69) is 4.90 Å². The lowest BCUT2D eigenvalue weighted by Crippen LogP contribution is -2.42. The third kappa shape index (κ3) is 7.50. The highest BCUT2D eigenvalue weighted by Crippen LogP contribution is 2.25. The molecule has 9 nitrogen and oxygen atoms in total. The van der Waals surface area contributed by atoms with Crippen LogP contribution in [0.3, 0.4) is 0 Å². The number of hydrogen-bond acceptors (Lipinski definition) is 6. The molecule has 0 aromatic heterocycles. The van der Waals surface area contributed by atoms with Crippen molar-refractivity contribution in [3.05, 3.63) is 23.3 Å². The minimum atomic E-state index is -1.34. The zero-order valence-corrected chi connectivity index (χ0v) is 23.3. The largest absolute Gasteiger partial charge is 0.497 e. The Balaban J connectivity index is 1.37.